The van der Waals surface area contributed by atoms with Gasteiger partial charge in [0.15, 0.2) is 0 Å². The highest BCUT2D eigenvalue weighted by Crippen LogP contribution is 2.52. The minimum Gasteiger partial charge on any atom is -0.438 e. The van der Waals surface area contributed by atoms with Gasteiger partial charge in [-0.25, -0.2) is 9.98 Å². The van der Waals surface area contributed by atoms with Crippen LogP contribution >= 0.6 is 0 Å². The van der Waals surface area contributed by atoms with Crippen molar-refractivity contribution in [2.75, 3.05) is 9.80 Å². The van der Waals surface area contributed by atoms with Gasteiger partial charge in [0.1, 0.15) is 5.58 Å². The smallest absolute Gasteiger partial charge is 0.227 e. The molecule has 0 bridgehead atoms. The van der Waals surface area contributed by atoms with Crippen LogP contribution in [0.3, 0.4) is 0 Å². The summed E-state index contributed by atoms with van der Waals surface area (Å²) in [5.74, 6) is 1.55. The molecule has 3 atom stereocenters. The molecule has 2 aromatic carbocycles. The Morgan fingerprint density at radius 1 is 1.03 bits per heavy atom. The summed E-state index contributed by atoms with van der Waals surface area (Å²) in [7, 11) is 0. The first-order valence-corrected chi connectivity index (χ1v) is 11.3. The number of furan rings is 1. The first kappa shape index (κ1) is 18.0. The molecule has 0 amide bonds. The lowest BCUT2D eigenvalue weighted by atomic mass is 9.78. The molecule has 4 heterocycles. The lowest BCUT2D eigenvalue weighted by molar-refractivity contribution is 0.357. The molecule has 0 fully saturated rings. The molecule has 158 valence electrons. The Morgan fingerprint density at radius 2 is 1.88 bits per heavy atom. The third-order valence-electron chi connectivity index (χ3n) is 7.23. The van der Waals surface area contributed by atoms with Gasteiger partial charge in [0.2, 0.25) is 11.7 Å². The minimum atomic E-state index is -0.0537. The second-order valence-electron chi connectivity index (χ2n) is 9.60. The topological polar surface area (TPSA) is 44.9 Å². The molecule has 0 saturated heterocycles. The summed E-state index contributed by atoms with van der Waals surface area (Å²) < 4.78 is 6.01. The monoisotopic (exact) mass is 420 g/mol. The molecule has 0 spiro atoms. The van der Waals surface area contributed by atoms with Crippen LogP contribution in [0.4, 0.5) is 17.1 Å². The molecule has 1 aliphatic carbocycles. The molecule has 3 unspecified atom stereocenters. The molecule has 3 aliphatic rings. The summed E-state index contributed by atoms with van der Waals surface area (Å²) in [5.41, 5.74) is 6.11. The summed E-state index contributed by atoms with van der Waals surface area (Å²) in [6.07, 6.45) is 7.54. The van der Waals surface area contributed by atoms with Crippen molar-refractivity contribution in [1.82, 2.24) is 4.98 Å². The van der Waals surface area contributed by atoms with E-state index in [1.54, 1.807) is 0 Å². The van der Waals surface area contributed by atoms with Crippen LogP contribution < -0.4 is 9.80 Å². The number of anilines is 3. The highest BCUT2D eigenvalue weighted by atomic mass is 16.3. The van der Waals surface area contributed by atoms with Crippen molar-refractivity contribution in [2.24, 2.45) is 10.9 Å². The Bertz CT molecular complexity index is 1480. The van der Waals surface area contributed by atoms with E-state index < -0.39 is 0 Å². The average Bonchev–Trinajstić information content (AvgIpc) is 3.40. The lowest BCUT2D eigenvalue weighted by Gasteiger charge is -2.41. The van der Waals surface area contributed by atoms with Gasteiger partial charge in [-0.1, -0.05) is 31.2 Å². The van der Waals surface area contributed by atoms with Gasteiger partial charge in [0, 0.05) is 17.0 Å². The highest BCUT2D eigenvalue weighted by Gasteiger charge is 2.53. The normalized spacial score (nSPS) is 25.9. The Labute approximate surface area is 186 Å². The predicted octanol–water partition coefficient (Wildman–Crippen LogP) is 6.34. The number of fused-ring (bicyclic) bond motifs is 8. The summed E-state index contributed by atoms with van der Waals surface area (Å²) in [4.78, 5) is 14.5. The molecule has 7 rings (SSSR count). The van der Waals surface area contributed by atoms with Gasteiger partial charge in [0.25, 0.3) is 0 Å². The van der Waals surface area contributed by atoms with Gasteiger partial charge in [-0.05, 0) is 68.1 Å². The number of nitrogens with zero attached hydrogens (tertiary/aromatic N) is 4. The third-order valence-corrected chi connectivity index (χ3v) is 7.23. The summed E-state index contributed by atoms with van der Waals surface area (Å²) in [5, 5.41) is 2.14. The van der Waals surface area contributed by atoms with Gasteiger partial charge in [-0.3, -0.25) is 4.90 Å². The molecule has 5 nitrogen and oxygen atoms in total. The van der Waals surface area contributed by atoms with Crippen molar-refractivity contribution >= 4 is 45.1 Å². The van der Waals surface area contributed by atoms with Crippen LogP contribution in [0.2, 0.25) is 0 Å². The van der Waals surface area contributed by atoms with Crippen molar-refractivity contribution in [3.05, 3.63) is 72.4 Å². The Kier molecular flexibility index (Phi) is 3.38. The molecular weight excluding hydrogens is 396 g/mol. The summed E-state index contributed by atoms with van der Waals surface area (Å²) in [6, 6.07) is 17.4. The van der Waals surface area contributed by atoms with E-state index in [9.17, 15) is 0 Å². The SMILES string of the molecule is Cc1cnc2oc3ccc(N4C5=NC6C=CC(C)CC6(C)N5c5ccccc54)cc3c2c1. The number of benzene rings is 2. The number of pyridine rings is 1. The van der Waals surface area contributed by atoms with E-state index in [2.05, 4.69) is 96.2 Å². The fourth-order valence-electron chi connectivity index (χ4n) is 5.80. The Balaban J connectivity index is 1.44. The van der Waals surface area contributed by atoms with E-state index >= 15 is 0 Å². The van der Waals surface area contributed by atoms with Crippen LogP contribution in [0.25, 0.3) is 22.1 Å². The second kappa shape index (κ2) is 6.00. The Morgan fingerprint density at radius 3 is 2.75 bits per heavy atom. The van der Waals surface area contributed by atoms with E-state index in [-0.39, 0.29) is 11.6 Å². The number of aromatic nitrogens is 1. The maximum Gasteiger partial charge on any atom is 0.227 e. The summed E-state index contributed by atoms with van der Waals surface area (Å²) in [6.45, 7) is 6.72. The first-order chi connectivity index (χ1) is 15.5. The van der Waals surface area contributed by atoms with E-state index in [4.69, 9.17) is 9.41 Å². The maximum atomic E-state index is 6.01. The van der Waals surface area contributed by atoms with Gasteiger partial charge in [-0.2, -0.15) is 0 Å². The van der Waals surface area contributed by atoms with Crippen LogP contribution in [0, 0.1) is 12.8 Å². The number of rotatable bonds is 1. The molecule has 32 heavy (non-hydrogen) atoms. The van der Waals surface area contributed by atoms with Crippen molar-refractivity contribution in [3.8, 4) is 0 Å². The van der Waals surface area contributed by atoms with Crippen LogP contribution in [0.1, 0.15) is 25.8 Å². The zero-order valence-electron chi connectivity index (χ0n) is 18.4. The lowest BCUT2D eigenvalue weighted by Crippen LogP contribution is -2.53. The third kappa shape index (κ3) is 2.23. The number of hydrogen-bond acceptors (Lipinski definition) is 5. The standard InChI is InChI=1S/C27H24N4O/c1-16-8-11-24-27(3,14-16)31-22-7-5-4-6-21(22)30(26(31)29-24)18-9-10-23-19(13-18)20-12-17(2)15-28-25(20)32-23/h4-13,15-16,24H,14H2,1-3H3. The molecule has 0 radical (unpaired) electrons. The van der Waals surface area contributed by atoms with Crippen LogP contribution in [0.5, 0.6) is 0 Å². The zero-order chi connectivity index (χ0) is 21.6. The van der Waals surface area contributed by atoms with E-state index in [0.29, 0.717) is 11.6 Å². The predicted molar refractivity (Wildman–Crippen MR) is 130 cm³/mol. The van der Waals surface area contributed by atoms with Gasteiger partial charge in [0.05, 0.1) is 28.6 Å². The molecule has 0 N–H and O–H groups in total. The van der Waals surface area contributed by atoms with Gasteiger partial charge >= 0.3 is 0 Å². The maximum absolute atomic E-state index is 6.01. The molecule has 2 aliphatic heterocycles. The number of allylic oxidation sites excluding steroid dienone is 1. The molecule has 2 aromatic heterocycles. The number of aliphatic imine (C=N–C) groups is 1. The van der Waals surface area contributed by atoms with E-state index in [1.807, 2.05) is 6.20 Å². The van der Waals surface area contributed by atoms with Crippen LogP contribution in [-0.4, -0.2) is 22.5 Å². The quantitative estimate of drug-likeness (QED) is 0.337. The van der Waals surface area contributed by atoms with Gasteiger partial charge < -0.3 is 9.32 Å². The van der Waals surface area contributed by atoms with Crippen molar-refractivity contribution in [1.29, 1.82) is 0 Å². The Hall–Kier alpha value is -3.60. The molecule has 0 saturated carbocycles. The average molecular weight is 421 g/mol. The summed E-state index contributed by atoms with van der Waals surface area (Å²) >= 11 is 0. The largest absolute Gasteiger partial charge is 0.438 e. The number of aryl methyl sites for hydroxylation is 1. The minimum absolute atomic E-state index is 0.0537. The van der Waals surface area contributed by atoms with E-state index in [1.165, 1.54) is 11.4 Å². The molecular formula is C27H24N4O. The van der Waals surface area contributed by atoms with Crippen LogP contribution in [-0.2, 0) is 0 Å². The van der Waals surface area contributed by atoms with Crippen LogP contribution in [0.15, 0.2) is 76.3 Å². The van der Waals surface area contributed by atoms with Gasteiger partial charge in [-0.15, -0.1) is 0 Å². The van der Waals surface area contributed by atoms with Crippen molar-refractivity contribution in [3.63, 3.8) is 0 Å². The van der Waals surface area contributed by atoms with Crippen molar-refractivity contribution in [2.45, 2.75) is 38.8 Å². The second-order valence-corrected chi connectivity index (χ2v) is 9.60. The number of hydrogen-bond donors (Lipinski definition) is 0. The number of guanidine groups is 1. The van der Waals surface area contributed by atoms with Crippen molar-refractivity contribution < 1.29 is 4.42 Å². The molecule has 5 heteroatoms. The highest BCUT2D eigenvalue weighted by molar-refractivity contribution is 6.23. The fraction of sp³-hybridized carbons (Fsp3) is 0.259. The fourth-order valence-corrected chi connectivity index (χ4v) is 5.80. The number of para-hydroxylation sites is 2. The molecule has 4 aromatic rings. The first-order valence-electron chi connectivity index (χ1n) is 11.3. The van der Waals surface area contributed by atoms with E-state index in [0.717, 1.165) is 40.0 Å². The zero-order valence-corrected chi connectivity index (χ0v) is 18.4.